The van der Waals surface area contributed by atoms with Crippen LogP contribution in [0.5, 0.6) is 0 Å². The number of allylic oxidation sites excluding steroid dienone is 4. The molecule has 0 rings (SSSR count). The molecule has 53 heavy (non-hydrogen) atoms. The third-order valence-corrected chi connectivity index (χ3v) is 10.0. The van der Waals surface area contributed by atoms with Crippen LogP contribution in [0.3, 0.4) is 0 Å². The molecule has 0 heterocycles. The van der Waals surface area contributed by atoms with E-state index in [1.54, 1.807) is 0 Å². The second-order valence-electron chi connectivity index (χ2n) is 14.4. The summed E-state index contributed by atoms with van der Waals surface area (Å²) in [5.41, 5.74) is 0. The Hall–Kier alpha value is -1.55. The first-order chi connectivity index (χ1) is 25.7. The molecule has 10 nitrogen and oxygen atoms in total. The Balaban J connectivity index is 4.34. The van der Waals surface area contributed by atoms with E-state index in [0.717, 1.165) is 57.8 Å². The lowest BCUT2D eigenvalue weighted by Gasteiger charge is -2.20. The minimum absolute atomic E-state index is 0.164. The normalized spacial score (nSPS) is 14.1. The van der Waals surface area contributed by atoms with Gasteiger partial charge in [-0.3, -0.25) is 18.6 Å². The Labute approximate surface area is 323 Å². The molecule has 0 saturated heterocycles. The fourth-order valence-corrected chi connectivity index (χ4v) is 6.54. The van der Waals surface area contributed by atoms with Crippen molar-refractivity contribution in [1.82, 2.24) is 0 Å². The average Bonchev–Trinajstić information content (AvgIpc) is 3.14. The highest BCUT2D eigenvalue weighted by Gasteiger charge is 2.27. The Morgan fingerprint density at radius 2 is 0.925 bits per heavy atom. The molecule has 0 aliphatic carbocycles. The zero-order chi connectivity index (χ0) is 39.1. The van der Waals surface area contributed by atoms with Crippen molar-refractivity contribution >= 4 is 19.8 Å². The third kappa shape index (κ3) is 38.5. The number of carbonyl (C=O) groups is 2. The van der Waals surface area contributed by atoms with Gasteiger partial charge in [0.05, 0.1) is 19.8 Å². The lowest BCUT2D eigenvalue weighted by Crippen LogP contribution is -2.29. The van der Waals surface area contributed by atoms with Gasteiger partial charge in [-0.25, -0.2) is 4.57 Å². The second kappa shape index (κ2) is 38.7. The molecular weight excluding hydrogens is 695 g/mol. The Morgan fingerprint density at radius 1 is 0.547 bits per heavy atom. The number of hydrogen-bond donors (Lipinski definition) is 3. The van der Waals surface area contributed by atoms with Crippen LogP contribution < -0.4 is 0 Å². The fraction of sp³-hybridized carbons (Fsp3) is 0.857. The maximum absolute atomic E-state index is 12.6. The van der Waals surface area contributed by atoms with Gasteiger partial charge in [0.2, 0.25) is 0 Å². The molecule has 0 spiro atoms. The lowest BCUT2D eigenvalue weighted by molar-refractivity contribution is -0.161. The first-order valence-electron chi connectivity index (χ1n) is 21.3. The number of aliphatic hydroxyl groups excluding tert-OH is 2. The first-order valence-corrected chi connectivity index (χ1v) is 22.8. The second-order valence-corrected chi connectivity index (χ2v) is 15.8. The highest BCUT2D eigenvalue weighted by Crippen LogP contribution is 2.43. The van der Waals surface area contributed by atoms with E-state index < -0.39 is 51.8 Å². The van der Waals surface area contributed by atoms with Crippen LogP contribution in [0.4, 0.5) is 0 Å². The predicted molar refractivity (Wildman–Crippen MR) is 215 cm³/mol. The summed E-state index contributed by atoms with van der Waals surface area (Å²) in [6, 6.07) is 0. The molecule has 0 radical (unpaired) electrons. The van der Waals surface area contributed by atoms with E-state index in [4.69, 9.17) is 19.1 Å². The van der Waals surface area contributed by atoms with Crippen LogP contribution in [0.2, 0.25) is 0 Å². The van der Waals surface area contributed by atoms with Crippen molar-refractivity contribution in [3.63, 3.8) is 0 Å². The van der Waals surface area contributed by atoms with Gasteiger partial charge in [-0.2, -0.15) is 0 Å². The van der Waals surface area contributed by atoms with Gasteiger partial charge in [0.25, 0.3) is 0 Å². The van der Waals surface area contributed by atoms with Crippen molar-refractivity contribution in [2.45, 2.75) is 206 Å². The minimum atomic E-state index is -4.62. The molecule has 0 aromatic heterocycles. The molecule has 0 fully saturated rings. The molecule has 0 aliphatic heterocycles. The largest absolute Gasteiger partial charge is 0.472 e. The molecular formula is C42H79O10P. The molecule has 0 bridgehead atoms. The van der Waals surface area contributed by atoms with Gasteiger partial charge < -0.3 is 24.6 Å². The molecule has 3 N–H and O–H groups in total. The van der Waals surface area contributed by atoms with Gasteiger partial charge in [0, 0.05) is 12.8 Å². The van der Waals surface area contributed by atoms with Crippen LogP contribution in [0.15, 0.2) is 24.3 Å². The molecule has 0 aliphatic rings. The standard InChI is InChI=1S/C42H79O10P/c1-3-5-7-9-11-13-15-17-19-21-23-25-27-29-31-33-41(45)49-37-40(38-51-53(47,48)50-36-39(44)35-43)52-42(46)34-32-30-28-26-24-22-20-18-16-14-12-10-8-6-4-2/h17,19,22,24,39-40,43-44H,3-16,18,20-21,23,25-38H2,1-2H3,(H,47,48)/b19-17+,24-22+/t39-,40+/m0/s1. The van der Waals surface area contributed by atoms with Crippen molar-refractivity contribution in [3.05, 3.63) is 24.3 Å². The van der Waals surface area contributed by atoms with E-state index in [9.17, 15) is 24.2 Å². The number of ether oxygens (including phenoxy) is 2. The van der Waals surface area contributed by atoms with E-state index in [0.29, 0.717) is 12.8 Å². The zero-order valence-corrected chi connectivity index (χ0v) is 34.6. The van der Waals surface area contributed by atoms with Crippen LogP contribution in [0.1, 0.15) is 194 Å². The molecule has 0 saturated carbocycles. The topological polar surface area (TPSA) is 149 Å². The number of hydrogen-bond acceptors (Lipinski definition) is 9. The van der Waals surface area contributed by atoms with Crippen LogP contribution in [0.25, 0.3) is 0 Å². The smallest absolute Gasteiger partial charge is 0.462 e. The number of esters is 2. The van der Waals surface area contributed by atoms with Gasteiger partial charge in [-0.1, -0.05) is 141 Å². The van der Waals surface area contributed by atoms with E-state index >= 15 is 0 Å². The number of rotatable bonds is 40. The van der Waals surface area contributed by atoms with E-state index in [1.807, 2.05) is 0 Å². The summed E-state index contributed by atoms with van der Waals surface area (Å²) in [5.74, 6) is -0.949. The van der Waals surface area contributed by atoms with Crippen molar-refractivity contribution in [1.29, 1.82) is 0 Å². The Bertz CT molecular complexity index is 941. The molecule has 3 atom stereocenters. The third-order valence-electron chi connectivity index (χ3n) is 9.08. The van der Waals surface area contributed by atoms with Crippen LogP contribution in [0, 0.1) is 0 Å². The quantitative estimate of drug-likeness (QED) is 0.0238. The molecule has 0 amide bonds. The Morgan fingerprint density at radius 3 is 1.38 bits per heavy atom. The summed E-state index contributed by atoms with van der Waals surface area (Å²) in [6.45, 7) is 2.35. The lowest BCUT2D eigenvalue weighted by atomic mass is 10.1. The monoisotopic (exact) mass is 775 g/mol. The van der Waals surface area contributed by atoms with E-state index in [1.165, 1.54) is 96.3 Å². The highest BCUT2D eigenvalue weighted by molar-refractivity contribution is 7.47. The average molecular weight is 775 g/mol. The van der Waals surface area contributed by atoms with Crippen molar-refractivity contribution < 1.29 is 47.8 Å². The summed E-state index contributed by atoms with van der Waals surface area (Å²) in [5, 5.41) is 18.3. The van der Waals surface area contributed by atoms with Gasteiger partial charge in [0.1, 0.15) is 12.7 Å². The van der Waals surface area contributed by atoms with Gasteiger partial charge in [-0.05, 0) is 64.2 Å². The number of carbonyl (C=O) groups excluding carboxylic acids is 2. The summed E-state index contributed by atoms with van der Waals surface area (Å²) in [6.07, 6.45) is 37.1. The maximum atomic E-state index is 12.6. The van der Waals surface area contributed by atoms with Crippen molar-refractivity contribution in [2.24, 2.45) is 0 Å². The first kappa shape index (κ1) is 51.5. The molecule has 312 valence electrons. The summed E-state index contributed by atoms with van der Waals surface area (Å²) >= 11 is 0. The summed E-state index contributed by atoms with van der Waals surface area (Å²) in [7, 11) is -4.62. The molecule has 0 aromatic carbocycles. The van der Waals surface area contributed by atoms with E-state index in [-0.39, 0.29) is 19.4 Å². The Kier molecular flexibility index (Phi) is 37.6. The van der Waals surface area contributed by atoms with Crippen LogP contribution in [-0.4, -0.2) is 65.7 Å². The SMILES string of the molecule is CCCCCCCC/C=C/CCCCCCCC(=O)OC[C@H](COP(=O)(O)OC[C@@H](O)CO)OC(=O)CCCCC/C=C/CCCCCCCCCC. The zero-order valence-electron chi connectivity index (χ0n) is 33.7. The number of unbranched alkanes of at least 4 members (excludes halogenated alkanes) is 22. The number of aliphatic hydroxyl groups is 2. The van der Waals surface area contributed by atoms with Gasteiger partial charge in [-0.15, -0.1) is 0 Å². The van der Waals surface area contributed by atoms with Crippen LogP contribution in [-0.2, 0) is 32.7 Å². The number of phosphoric ester groups is 1. The summed E-state index contributed by atoms with van der Waals surface area (Å²) in [4.78, 5) is 34.9. The van der Waals surface area contributed by atoms with Crippen LogP contribution >= 0.6 is 7.82 Å². The van der Waals surface area contributed by atoms with Gasteiger partial charge >= 0.3 is 19.8 Å². The van der Waals surface area contributed by atoms with Gasteiger partial charge in [0.15, 0.2) is 6.10 Å². The van der Waals surface area contributed by atoms with Crippen molar-refractivity contribution in [2.75, 3.05) is 26.4 Å². The predicted octanol–water partition coefficient (Wildman–Crippen LogP) is 11.0. The number of phosphoric acid groups is 1. The molecule has 1 unspecified atom stereocenters. The highest BCUT2D eigenvalue weighted by atomic mass is 31.2. The summed E-state index contributed by atoms with van der Waals surface area (Å²) < 4.78 is 32.7. The van der Waals surface area contributed by atoms with E-state index in [2.05, 4.69) is 42.7 Å². The molecule has 0 aromatic rings. The fourth-order valence-electron chi connectivity index (χ4n) is 5.75. The minimum Gasteiger partial charge on any atom is -0.462 e. The van der Waals surface area contributed by atoms with Crippen molar-refractivity contribution in [3.8, 4) is 0 Å². The maximum Gasteiger partial charge on any atom is 0.472 e. The molecule has 11 heteroatoms.